The molecule has 0 aliphatic carbocycles. The summed E-state index contributed by atoms with van der Waals surface area (Å²) in [6, 6.07) is 12.2. The van der Waals surface area contributed by atoms with E-state index in [1.165, 1.54) is 0 Å². The molecule has 1 atom stereocenters. The molecule has 2 rings (SSSR count). The van der Waals surface area contributed by atoms with Crippen molar-refractivity contribution in [1.82, 2.24) is 10.2 Å². The van der Waals surface area contributed by atoms with E-state index in [4.69, 9.17) is 27.9 Å². The molecule has 0 aliphatic rings. The number of unbranched alkanes of at least 4 members (excludes halogenated alkanes) is 1. The summed E-state index contributed by atoms with van der Waals surface area (Å²) in [6.07, 6.45) is 2.33. The summed E-state index contributed by atoms with van der Waals surface area (Å²) in [4.78, 5) is 27.9. The van der Waals surface area contributed by atoms with E-state index in [0.29, 0.717) is 28.8 Å². The highest BCUT2D eigenvalue weighted by atomic mass is 35.5. The average Bonchev–Trinajstić information content (AvgIpc) is 2.79. The summed E-state index contributed by atoms with van der Waals surface area (Å²) >= 11 is 12.4. The average molecular weight is 493 g/mol. The number of nitrogens with zero attached hydrogens (tertiary/aromatic N) is 1. The summed E-state index contributed by atoms with van der Waals surface area (Å²) in [5, 5.41) is 3.91. The van der Waals surface area contributed by atoms with Crippen LogP contribution in [-0.4, -0.2) is 35.9 Å². The van der Waals surface area contributed by atoms with Gasteiger partial charge < -0.3 is 15.0 Å². The van der Waals surface area contributed by atoms with Gasteiger partial charge in [0.1, 0.15) is 11.8 Å². The molecule has 0 aliphatic heterocycles. The fourth-order valence-electron chi connectivity index (χ4n) is 3.57. The molecule has 1 N–H and O–H groups in total. The molecule has 5 nitrogen and oxygen atoms in total. The predicted octanol–water partition coefficient (Wildman–Crippen LogP) is 6.22. The summed E-state index contributed by atoms with van der Waals surface area (Å²) in [5.74, 6) is 0.475. The number of hydrogen-bond donors (Lipinski definition) is 1. The molecule has 0 saturated carbocycles. The smallest absolute Gasteiger partial charge is 0.261 e. The molecule has 0 saturated heterocycles. The number of hydrogen-bond acceptors (Lipinski definition) is 3. The van der Waals surface area contributed by atoms with Gasteiger partial charge >= 0.3 is 0 Å². The molecule has 0 aromatic heterocycles. The zero-order valence-electron chi connectivity index (χ0n) is 19.9. The zero-order valence-corrected chi connectivity index (χ0v) is 21.4. The first-order valence-corrected chi connectivity index (χ1v) is 12.3. The molecule has 2 amide bonds. The van der Waals surface area contributed by atoms with Crippen molar-refractivity contribution in [2.75, 3.05) is 13.2 Å². The van der Waals surface area contributed by atoms with Gasteiger partial charge in [-0.2, -0.15) is 0 Å². The van der Waals surface area contributed by atoms with E-state index in [9.17, 15) is 9.59 Å². The molecule has 0 unspecified atom stereocenters. The Morgan fingerprint density at radius 3 is 2.45 bits per heavy atom. The van der Waals surface area contributed by atoms with Crippen molar-refractivity contribution in [2.24, 2.45) is 0 Å². The van der Waals surface area contributed by atoms with E-state index < -0.39 is 6.04 Å². The number of para-hydroxylation sites is 1. The molecule has 2 aromatic rings. The standard InChI is InChI=1S/C26H34Cl2N2O3/c1-5-7-14-29-26(32)23(6-2)30(16-19-12-13-20(27)15-22(19)28)25(31)17-33-24-11-9-8-10-21(24)18(3)4/h8-13,15,18,23H,5-7,14,16-17H2,1-4H3,(H,29,32)/t23-/m1/s1. The lowest BCUT2D eigenvalue weighted by Gasteiger charge is -2.31. The van der Waals surface area contributed by atoms with Gasteiger partial charge in [0, 0.05) is 23.1 Å². The van der Waals surface area contributed by atoms with Crippen molar-refractivity contribution in [1.29, 1.82) is 0 Å². The lowest BCUT2D eigenvalue weighted by Crippen LogP contribution is -2.50. The molecule has 7 heteroatoms. The molecule has 0 radical (unpaired) electrons. The van der Waals surface area contributed by atoms with Crippen LogP contribution in [0.3, 0.4) is 0 Å². The summed E-state index contributed by atoms with van der Waals surface area (Å²) in [5.41, 5.74) is 1.75. The number of nitrogens with one attached hydrogen (secondary N) is 1. The minimum absolute atomic E-state index is 0.173. The maximum Gasteiger partial charge on any atom is 0.261 e. The molecular formula is C26H34Cl2N2O3. The monoisotopic (exact) mass is 492 g/mol. The predicted molar refractivity (Wildman–Crippen MR) is 135 cm³/mol. The Labute approximate surface area is 207 Å². The SMILES string of the molecule is CCCCNC(=O)[C@@H](CC)N(Cc1ccc(Cl)cc1Cl)C(=O)COc1ccccc1C(C)C. The summed E-state index contributed by atoms with van der Waals surface area (Å²) in [7, 11) is 0. The van der Waals surface area contributed by atoms with Gasteiger partial charge in [-0.3, -0.25) is 9.59 Å². The molecule has 0 bridgehead atoms. The number of halogens is 2. The van der Waals surface area contributed by atoms with Crippen molar-refractivity contribution >= 4 is 35.0 Å². The maximum absolute atomic E-state index is 13.4. The largest absolute Gasteiger partial charge is 0.483 e. The molecule has 2 aromatic carbocycles. The van der Waals surface area contributed by atoms with E-state index in [-0.39, 0.29) is 30.9 Å². The third kappa shape index (κ3) is 7.94. The first kappa shape index (κ1) is 27.0. The second-order valence-corrected chi connectivity index (χ2v) is 9.15. The van der Waals surface area contributed by atoms with Crippen molar-refractivity contribution in [3.05, 3.63) is 63.6 Å². The highest BCUT2D eigenvalue weighted by Gasteiger charge is 2.29. The van der Waals surface area contributed by atoms with Crippen LogP contribution in [0.2, 0.25) is 10.0 Å². The fraction of sp³-hybridized carbons (Fsp3) is 0.462. The topological polar surface area (TPSA) is 58.6 Å². The van der Waals surface area contributed by atoms with Gasteiger partial charge in [0.2, 0.25) is 5.91 Å². The molecular weight excluding hydrogens is 459 g/mol. The van der Waals surface area contributed by atoms with Crippen LogP contribution in [0.5, 0.6) is 5.75 Å². The minimum atomic E-state index is -0.634. The van der Waals surface area contributed by atoms with Crippen LogP contribution in [-0.2, 0) is 16.1 Å². The van der Waals surface area contributed by atoms with Crippen LogP contribution >= 0.6 is 23.2 Å². The van der Waals surface area contributed by atoms with E-state index in [1.807, 2.05) is 31.2 Å². The van der Waals surface area contributed by atoms with Crippen molar-refractivity contribution in [3.63, 3.8) is 0 Å². The number of benzene rings is 2. The van der Waals surface area contributed by atoms with E-state index in [2.05, 4.69) is 26.1 Å². The maximum atomic E-state index is 13.4. The van der Waals surface area contributed by atoms with Crippen molar-refractivity contribution < 1.29 is 14.3 Å². The van der Waals surface area contributed by atoms with Crippen molar-refractivity contribution in [3.8, 4) is 5.75 Å². The molecule has 0 spiro atoms. The second-order valence-electron chi connectivity index (χ2n) is 8.31. The first-order valence-electron chi connectivity index (χ1n) is 11.5. The van der Waals surface area contributed by atoms with Gasteiger partial charge in [-0.25, -0.2) is 0 Å². The van der Waals surface area contributed by atoms with E-state index in [0.717, 1.165) is 24.0 Å². The van der Waals surface area contributed by atoms with Gasteiger partial charge in [-0.1, -0.05) is 81.6 Å². The quantitative estimate of drug-likeness (QED) is 0.357. The second kappa shape index (κ2) is 13.5. The first-order chi connectivity index (χ1) is 15.8. The molecule has 0 heterocycles. The van der Waals surface area contributed by atoms with Gasteiger partial charge in [0.25, 0.3) is 5.91 Å². The van der Waals surface area contributed by atoms with Gasteiger partial charge in [-0.05, 0) is 48.1 Å². The Kier molecular flexibility index (Phi) is 11.0. The van der Waals surface area contributed by atoms with Gasteiger partial charge in [-0.15, -0.1) is 0 Å². The Balaban J connectivity index is 2.26. The highest BCUT2D eigenvalue weighted by Crippen LogP contribution is 2.27. The van der Waals surface area contributed by atoms with Crippen LogP contribution < -0.4 is 10.1 Å². The van der Waals surface area contributed by atoms with Crippen LogP contribution in [0.15, 0.2) is 42.5 Å². The Hall–Kier alpha value is -2.24. The zero-order chi connectivity index (χ0) is 24.4. The van der Waals surface area contributed by atoms with Crippen LogP contribution in [0.4, 0.5) is 0 Å². The number of rotatable bonds is 12. The number of ether oxygens (including phenoxy) is 1. The van der Waals surface area contributed by atoms with Gasteiger partial charge in [0.05, 0.1) is 0 Å². The normalized spacial score (nSPS) is 11.8. The summed E-state index contributed by atoms with van der Waals surface area (Å²) in [6.45, 7) is 8.70. The Bertz CT molecular complexity index is 934. The Morgan fingerprint density at radius 2 is 1.82 bits per heavy atom. The van der Waals surface area contributed by atoms with Crippen molar-refractivity contribution in [2.45, 2.75) is 65.5 Å². The number of amides is 2. The molecule has 0 fully saturated rings. The van der Waals surface area contributed by atoms with Crippen LogP contribution in [0, 0.1) is 0 Å². The molecule has 180 valence electrons. The minimum Gasteiger partial charge on any atom is -0.483 e. The van der Waals surface area contributed by atoms with Crippen LogP contribution in [0.1, 0.15) is 64.0 Å². The van der Waals surface area contributed by atoms with E-state index in [1.54, 1.807) is 23.1 Å². The number of carbonyl (C=O) groups excluding carboxylic acids is 2. The molecule has 33 heavy (non-hydrogen) atoms. The van der Waals surface area contributed by atoms with E-state index >= 15 is 0 Å². The third-order valence-corrected chi connectivity index (χ3v) is 6.05. The lowest BCUT2D eigenvalue weighted by atomic mass is 10.0. The highest BCUT2D eigenvalue weighted by molar-refractivity contribution is 6.35. The fourth-order valence-corrected chi connectivity index (χ4v) is 4.04. The third-order valence-electron chi connectivity index (χ3n) is 5.46. The lowest BCUT2D eigenvalue weighted by molar-refractivity contribution is -0.143. The number of carbonyl (C=O) groups is 2. The Morgan fingerprint density at radius 1 is 1.09 bits per heavy atom. The summed E-state index contributed by atoms with van der Waals surface area (Å²) < 4.78 is 5.92. The van der Waals surface area contributed by atoms with Gasteiger partial charge in [0.15, 0.2) is 6.61 Å². The van der Waals surface area contributed by atoms with Crippen LogP contribution in [0.25, 0.3) is 0 Å².